The van der Waals surface area contributed by atoms with Crippen LogP contribution in [0.3, 0.4) is 0 Å². The van der Waals surface area contributed by atoms with Gasteiger partial charge >= 0.3 is 7.82 Å². The summed E-state index contributed by atoms with van der Waals surface area (Å²) in [6.45, 7) is 9.10. The summed E-state index contributed by atoms with van der Waals surface area (Å²) in [6.07, 6.45) is 8.56. The number of rotatable bonds is 14. The molecule has 0 aromatic carbocycles. The zero-order valence-corrected chi connectivity index (χ0v) is 16.7. The molecule has 2 atom stereocenters. The van der Waals surface area contributed by atoms with Crippen LogP contribution in [0.5, 0.6) is 0 Å². The summed E-state index contributed by atoms with van der Waals surface area (Å²) in [7, 11) is -3.89. The maximum Gasteiger partial charge on any atom is 0.472 e. The summed E-state index contributed by atoms with van der Waals surface area (Å²) < 4.78 is 22.2. The minimum Gasteiger partial charge on any atom is -0.302 e. The van der Waals surface area contributed by atoms with Crippen LogP contribution in [0.2, 0.25) is 0 Å². The number of unbranched alkanes of at least 4 members (excludes halogenated alkanes) is 2. The molecule has 22 heavy (non-hydrogen) atoms. The van der Waals surface area contributed by atoms with Gasteiger partial charge in [-0.25, -0.2) is 4.57 Å². The van der Waals surface area contributed by atoms with Crippen LogP contribution < -0.4 is 0 Å². The molecule has 0 aromatic heterocycles. The fourth-order valence-corrected chi connectivity index (χ4v) is 3.11. The van der Waals surface area contributed by atoms with E-state index in [0.29, 0.717) is 25.0 Å². The third-order valence-electron chi connectivity index (χ3n) is 4.03. The molecule has 0 fully saturated rings. The first kappa shape index (κ1) is 24.9. The van der Waals surface area contributed by atoms with Crippen LogP contribution in [-0.2, 0) is 30.7 Å². The van der Waals surface area contributed by atoms with Crippen LogP contribution in [0.15, 0.2) is 0 Å². The number of phosphoric ester groups is 1. The molecule has 0 saturated carbocycles. The molecule has 0 radical (unpaired) electrons. The van der Waals surface area contributed by atoms with Gasteiger partial charge in [0.25, 0.3) is 0 Å². The molecule has 6 heteroatoms. The Labute approximate surface area is 147 Å². The van der Waals surface area contributed by atoms with Crippen molar-refractivity contribution in [3.63, 3.8) is 0 Å². The Morgan fingerprint density at radius 2 is 1.23 bits per heavy atom. The van der Waals surface area contributed by atoms with Gasteiger partial charge in [-0.2, -0.15) is 0 Å². The third kappa shape index (κ3) is 13.1. The SMILES string of the molecule is CCCCC(CC)COP(=O)(O)OCC(CC)CCCC.[Fe]. The molecule has 0 heterocycles. The van der Waals surface area contributed by atoms with E-state index in [4.69, 9.17) is 9.05 Å². The van der Waals surface area contributed by atoms with Crippen molar-refractivity contribution in [2.45, 2.75) is 79.1 Å². The van der Waals surface area contributed by atoms with E-state index < -0.39 is 7.82 Å². The van der Waals surface area contributed by atoms with Crippen molar-refractivity contribution in [3.05, 3.63) is 0 Å². The summed E-state index contributed by atoms with van der Waals surface area (Å²) >= 11 is 0. The van der Waals surface area contributed by atoms with Gasteiger partial charge in [0.15, 0.2) is 0 Å². The van der Waals surface area contributed by atoms with Crippen LogP contribution in [0, 0.1) is 11.8 Å². The van der Waals surface area contributed by atoms with E-state index in [2.05, 4.69) is 27.7 Å². The number of hydrogen-bond acceptors (Lipinski definition) is 3. The molecule has 2 unspecified atom stereocenters. The van der Waals surface area contributed by atoms with E-state index >= 15 is 0 Å². The normalized spacial score (nSPS) is 16.6. The van der Waals surface area contributed by atoms with Gasteiger partial charge in [-0.05, 0) is 24.7 Å². The van der Waals surface area contributed by atoms with Crippen LogP contribution >= 0.6 is 7.82 Å². The monoisotopic (exact) mass is 378 g/mol. The first-order valence-corrected chi connectivity index (χ1v) is 10.1. The molecule has 0 bridgehead atoms. The minimum absolute atomic E-state index is 0. The van der Waals surface area contributed by atoms with E-state index in [0.717, 1.165) is 51.4 Å². The zero-order valence-electron chi connectivity index (χ0n) is 14.7. The Bertz CT molecular complexity index is 265. The molecule has 0 amide bonds. The third-order valence-corrected chi connectivity index (χ3v) is 4.98. The molecular weight excluding hydrogens is 343 g/mol. The van der Waals surface area contributed by atoms with Crippen molar-refractivity contribution in [3.8, 4) is 0 Å². The molecule has 0 aromatic rings. The zero-order chi connectivity index (χ0) is 16.1. The van der Waals surface area contributed by atoms with Crippen molar-refractivity contribution in [1.29, 1.82) is 0 Å². The predicted octanol–water partition coefficient (Wildman–Crippen LogP) is 5.55. The van der Waals surface area contributed by atoms with Gasteiger partial charge in [0.1, 0.15) is 0 Å². The summed E-state index contributed by atoms with van der Waals surface area (Å²) in [6, 6.07) is 0. The fourth-order valence-electron chi connectivity index (χ4n) is 2.23. The first-order valence-electron chi connectivity index (χ1n) is 8.60. The molecule has 136 valence electrons. The molecule has 0 saturated heterocycles. The largest absolute Gasteiger partial charge is 0.472 e. The van der Waals surface area contributed by atoms with Crippen LogP contribution in [0.25, 0.3) is 0 Å². The van der Waals surface area contributed by atoms with Crippen molar-refractivity contribution in [1.82, 2.24) is 0 Å². The Kier molecular flexibility index (Phi) is 17.2. The van der Waals surface area contributed by atoms with Crippen LogP contribution in [-0.4, -0.2) is 18.1 Å². The van der Waals surface area contributed by atoms with Gasteiger partial charge in [-0.1, -0.05) is 66.2 Å². The quantitative estimate of drug-likeness (QED) is 0.318. The maximum absolute atomic E-state index is 11.9. The maximum atomic E-state index is 11.9. The predicted molar refractivity (Wildman–Crippen MR) is 88.3 cm³/mol. The second-order valence-electron chi connectivity index (χ2n) is 5.89. The van der Waals surface area contributed by atoms with Gasteiger partial charge in [0.05, 0.1) is 13.2 Å². The molecule has 0 aliphatic carbocycles. The Morgan fingerprint density at radius 1 is 0.864 bits per heavy atom. The van der Waals surface area contributed by atoms with Gasteiger partial charge in [0.2, 0.25) is 0 Å². The van der Waals surface area contributed by atoms with E-state index in [1.807, 2.05) is 0 Å². The number of hydrogen-bond donors (Lipinski definition) is 1. The van der Waals surface area contributed by atoms with E-state index in [9.17, 15) is 9.46 Å². The molecule has 1 N–H and O–H groups in total. The minimum atomic E-state index is -3.89. The van der Waals surface area contributed by atoms with Gasteiger partial charge in [0, 0.05) is 17.1 Å². The molecule has 4 nitrogen and oxygen atoms in total. The van der Waals surface area contributed by atoms with Crippen molar-refractivity contribution < 1.29 is 35.6 Å². The topological polar surface area (TPSA) is 55.8 Å². The molecule has 0 spiro atoms. The Morgan fingerprint density at radius 3 is 1.50 bits per heavy atom. The molecule has 0 aliphatic heterocycles. The van der Waals surface area contributed by atoms with E-state index in [-0.39, 0.29) is 17.1 Å². The Balaban J connectivity index is 0. The van der Waals surface area contributed by atoms with Crippen molar-refractivity contribution in [2.24, 2.45) is 11.8 Å². The summed E-state index contributed by atoms with van der Waals surface area (Å²) in [4.78, 5) is 9.77. The van der Waals surface area contributed by atoms with Crippen LogP contribution in [0.1, 0.15) is 79.1 Å². The van der Waals surface area contributed by atoms with Crippen molar-refractivity contribution >= 4 is 7.82 Å². The van der Waals surface area contributed by atoms with Gasteiger partial charge in [-0.3, -0.25) is 9.05 Å². The average Bonchev–Trinajstić information content (AvgIpc) is 2.47. The second kappa shape index (κ2) is 15.2. The van der Waals surface area contributed by atoms with Crippen molar-refractivity contribution in [2.75, 3.05) is 13.2 Å². The number of phosphoric acid groups is 1. The van der Waals surface area contributed by atoms with Gasteiger partial charge < -0.3 is 4.89 Å². The average molecular weight is 378 g/mol. The molecule has 0 aliphatic rings. The summed E-state index contributed by atoms with van der Waals surface area (Å²) in [5, 5.41) is 0. The smallest absolute Gasteiger partial charge is 0.302 e. The summed E-state index contributed by atoms with van der Waals surface area (Å²) in [5.41, 5.74) is 0. The molecule has 0 rings (SSSR count). The first-order chi connectivity index (χ1) is 9.99. The fraction of sp³-hybridized carbons (Fsp3) is 1.00. The summed E-state index contributed by atoms with van der Waals surface area (Å²) in [5.74, 6) is 0.687. The standard InChI is InChI=1S/C16H35O4P.Fe/c1-5-9-11-15(7-3)13-19-21(17,18)20-14-16(8-4)12-10-6-2;/h15-16H,5-14H2,1-4H3,(H,17,18);. The van der Waals surface area contributed by atoms with E-state index in [1.165, 1.54) is 0 Å². The Hall–Kier alpha value is 0.629. The molecular formula is C16H35FeO4P. The second-order valence-corrected chi connectivity index (χ2v) is 7.35. The van der Waals surface area contributed by atoms with E-state index in [1.54, 1.807) is 0 Å². The van der Waals surface area contributed by atoms with Crippen LogP contribution in [0.4, 0.5) is 0 Å². The van der Waals surface area contributed by atoms with Gasteiger partial charge in [-0.15, -0.1) is 0 Å².